The lowest BCUT2D eigenvalue weighted by molar-refractivity contribution is 0.0697. The molecule has 0 atom stereocenters. The number of urea groups is 1. The van der Waals surface area contributed by atoms with E-state index in [1.807, 2.05) is 13.8 Å². The third kappa shape index (κ3) is 5.35. The first-order chi connectivity index (χ1) is 9.99. The molecule has 6 nitrogen and oxygen atoms in total. The zero-order valence-electron chi connectivity index (χ0n) is 12.1. The Labute approximate surface area is 132 Å². The molecule has 1 rings (SSSR count). The summed E-state index contributed by atoms with van der Waals surface area (Å²) >= 11 is 3.29. The Morgan fingerprint density at radius 1 is 1.38 bits per heavy atom. The highest BCUT2D eigenvalue weighted by atomic mass is 79.9. The van der Waals surface area contributed by atoms with E-state index in [-0.39, 0.29) is 11.6 Å². The van der Waals surface area contributed by atoms with E-state index in [0.717, 1.165) is 0 Å². The third-order valence-electron chi connectivity index (χ3n) is 2.83. The van der Waals surface area contributed by atoms with Crippen molar-refractivity contribution in [2.75, 3.05) is 31.6 Å². The molecule has 0 aromatic heterocycles. The predicted octanol–water partition coefficient (Wildman–Crippen LogP) is 3.04. The fourth-order valence-corrected chi connectivity index (χ4v) is 2.02. The van der Waals surface area contributed by atoms with Crippen LogP contribution in [-0.4, -0.2) is 48.3 Å². The summed E-state index contributed by atoms with van der Waals surface area (Å²) in [5.74, 6) is -1.04. The second-order valence-corrected chi connectivity index (χ2v) is 5.06. The molecule has 0 saturated heterocycles. The Kier molecular flexibility index (Phi) is 7.18. The second kappa shape index (κ2) is 8.63. The topological polar surface area (TPSA) is 78.9 Å². The van der Waals surface area contributed by atoms with Crippen LogP contribution in [0.15, 0.2) is 22.7 Å². The average molecular weight is 359 g/mol. The van der Waals surface area contributed by atoms with Crippen LogP contribution in [0.4, 0.5) is 10.5 Å². The summed E-state index contributed by atoms with van der Waals surface area (Å²) in [5, 5.41) is 11.7. The van der Waals surface area contributed by atoms with Gasteiger partial charge in [-0.15, -0.1) is 0 Å². The van der Waals surface area contributed by atoms with Gasteiger partial charge in [0.2, 0.25) is 0 Å². The van der Waals surface area contributed by atoms with Gasteiger partial charge in [-0.3, -0.25) is 0 Å². The highest BCUT2D eigenvalue weighted by molar-refractivity contribution is 9.10. The van der Waals surface area contributed by atoms with Crippen molar-refractivity contribution < 1.29 is 19.4 Å². The minimum Gasteiger partial charge on any atom is -0.478 e. The number of nitrogens with zero attached hydrogens (tertiary/aromatic N) is 1. The molecule has 0 aliphatic carbocycles. The molecule has 2 amide bonds. The number of rotatable bonds is 7. The summed E-state index contributed by atoms with van der Waals surface area (Å²) in [6.07, 6.45) is 0. The standard InChI is InChI=1S/C14H19BrN2O4/c1-3-17(7-8-21-4-2)14(20)16-12-9-10(13(18)19)5-6-11(12)15/h5-6,9H,3-4,7-8H2,1-2H3,(H,16,20)(H,18,19). The number of likely N-dealkylation sites (N-methyl/N-ethyl adjacent to an activating group) is 1. The van der Waals surface area contributed by atoms with E-state index in [1.54, 1.807) is 11.0 Å². The van der Waals surface area contributed by atoms with Gasteiger partial charge >= 0.3 is 12.0 Å². The van der Waals surface area contributed by atoms with Gasteiger partial charge in [0.1, 0.15) is 0 Å². The first kappa shape index (κ1) is 17.5. The lowest BCUT2D eigenvalue weighted by atomic mass is 10.2. The van der Waals surface area contributed by atoms with E-state index in [2.05, 4.69) is 21.2 Å². The van der Waals surface area contributed by atoms with Crippen LogP contribution in [0.5, 0.6) is 0 Å². The Morgan fingerprint density at radius 2 is 2.10 bits per heavy atom. The number of carboxylic acid groups (broad SMARTS) is 1. The molecular weight excluding hydrogens is 340 g/mol. The number of halogens is 1. The van der Waals surface area contributed by atoms with Gasteiger partial charge < -0.3 is 20.1 Å². The summed E-state index contributed by atoms with van der Waals surface area (Å²) in [6, 6.07) is 4.19. The normalized spacial score (nSPS) is 10.2. The van der Waals surface area contributed by atoms with Gasteiger partial charge in [-0.25, -0.2) is 9.59 Å². The van der Waals surface area contributed by atoms with Crippen LogP contribution in [0.2, 0.25) is 0 Å². The molecule has 0 saturated carbocycles. The van der Waals surface area contributed by atoms with Gasteiger partial charge in [-0.1, -0.05) is 0 Å². The number of carboxylic acids is 1. The van der Waals surface area contributed by atoms with Crippen LogP contribution in [0.3, 0.4) is 0 Å². The van der Waals surface area contributed by atoms with Crippen LogP contribution >= 0.6 is 15.9 Å². The zero-order chi connectivity index (χ0) is 15.8. The number of amides is 2. The molecule has 2 N–H and O–H groups in total. The van der Waals surface area contributed by atoms with Crippen molar-refractivity contribution in [3.63, 3.8) is 0 Å². The Hall–Kier alpha value is -1.60. The summed E-state index contributed by atoms with van der Waals surface area (Å²) in [4.78, 5) is 24.7. The fourth-order valence-electron chi connectivity index (χ4n) is 1.67. The van der Waals surface area contributed by atoms with Crippen LogP contribution in [0, 0.1) is 0 Å². The second-order valence-electron chi connectivity index (χ2n) is 4.21. The maximum Gasteiger partial charge on any atom is 0.335 e. The van der Waals surface area contributed by atoms with Crippen molar-refractivity contribution in [1.82, 2.24) is 4.90 Å². The SMILES string of the molecule is CCOCCN(CC)C(=O)Nc1cc(C(=O)O)ccc1Br. The van der Waals surface area contributed by atoms with E-state index < -0.39 is 5.97 Å². The minimum atomic E-state index is -1.04. The molecule has 0 fully saturated rings. The molecule has 0 aliphatic heterocycles. The van der Waals surface area contributed by atoms with Crippen molar-refractivity contribution >= 4 is 33.6 Å². The van der Waals surface area contributed by atoms with Gasteiger partial charge in [0, 0.05) is 24.2 Å². The van der Waals surface area contributed by atoms with E-state index in [9.17, 15) is 9.59 Å². The van der Waals surface area contributed by atoms with Crippen LogP contribution in [-0.2, 0) is 4.74 Å². The zero-order valence-corrected chi connectivity index (χ0v) is 13.6. The largest absolute Gasteiger partial charge is 0.478 e. The highest BCUT2D eigenvalue weighted by Gasteiger charge is 2.14. The van der Waals surface area contributed by atoms with Crippen LogP contribution in [0.1, 0.15) is 24.2 Å². The molecule has 0 spiro atoms. The molecule has 21 heavy (non-hydrogen) atoms. The monoisotopic (exact) mass is 358 g/mol. The number of benzene rings is 1. The number of carbonyl (C=O) groups is 2. The highest BCUT2D eigenvalue weighted by Crippen LogP contribution is 2.24. The van der Waals surface area contributed by atoms with E-state index in [4.69, 9.17) is 9.84 Å². The lowest BCUT2D eigenvalue weighted by Crippen LogP contribution is -2.37. The number of carbonyl (C=O) groups excluding carboxylic acids is 1. The van der Waals surface area contributed by atoms with E-state index >= 15 is 0 Å². The van der Waals surface area contributed by atoms with Crippen LogP contribution in [0.25, 0.3) is 0 Å². The molecule has 0 unspecified atom stereocenters. The van der Waals surface area contributed by atoms with E-state index in [1.165, 1.54) is 12.1 Å². The first-order valence-corrected chi connectivity index (χ1v) is 7.45. The quantitative estimate of drug-likeness (QED) is 0.734. The van der Waals surface area contributed by atoms with Gasteiger partial charge in [-0.2, -0.15) is 0 Å². The number of nitrogens with one attached hydrogen (secondary N) is 1. The van der Waals surface area contributed by atoms with Crippen molar-refractivity contribution in [3.05, 3.63) is 28.2 Å². The molecule has 1 aromatic carbocycles. The number of aromatic carboxylic acids is 1. The Bertz CT molecular complexity index is 508. The number of ether oxygens (including phenoxy) is 1. The smallest absolute Gasteiger partial charge is 0.335 e. The Morgan fingerprint density at radius 3 is 2.67 bits per heavy atom. The summed E-state index contributed by atoms with van der Waals surface area (Å²) in [6.45, 7) is 5.85. The van der Waals surface area contributed by atoms with Gasteiger partial charge in [0.15, 0.2) is 0 Å². The lowest BCUT2D eigenvalue weighted by Gasteiger charge is -2.21. The third-order valence-corrected chi connectivity index (χ3v) is 3.53. The first-order valence-electron chi connectivity index (χ1n) is 6.66. The summed E-state index contributed by atoms with van der Waals surface area (Å²) < 4.78 is 5.86. The number of anilines is 1. The number of hydrogen-bond donors (Lipinski definition) is 2. The van der Waals surface area contributed by atoms with Crippen LogP contribution < -0.4 is 5.32 Å². The molecule has 0 bridgehead atoms. The molecule has 0 heterocycles. The minimum absolute atomic E-state index is 0.117. The van der Waals surface area contributed by atoms with Crippen molar-refractivity contribution in [2.45, 2.75) is 13.8 Å². The molecule has 1 aromatic rings. The average Bonchev–Trinajstić information content (AvgIpc) is 2.45. The maximum absolute atomic E-state index is 12.2. The summed E-state index contributed by atoms with van der Waals surface area (Å²) in [5.41, 5.74) is 0.542. The molecule has 116 valence electrons. The maximum atomic E-state index is 12.2. The van der Waals surface area contributed by atoms with Crippen molar-refractivity contribution in [3.8, 4) is 0 Å². The molecule has 0 radical (unpaired) electrons. The number of hydrogen-bond acceptors (Lipinski definition) is 3. The molecule has 0 aliphatic rings. The summed E-state index contributed by atoms with van der Waals surface area (Å²) in [7, 11) is 0. The van der Waals surface area contributed by atoms with Gasteiger partial charge in [0.25, 0.3) is 0 Å². The Balaban J connectivity index is 2.76. The predicted molar refractivity (Wildman–Crippen MR) is 83.9 cm³/mol. The van der Waals surface area contributed by atoms with Crippen molar-refractivity contribution in [2.24, 2.45) is 0 Å². The molecular formula is C14H19BrN2O4. The van der Waals surface area contributed by atoms with Gasteiger partial charge in [0.05, 0.1) is 17.9 Å². The van der Waals surface area contributed by atoms with Gasteiger partial charge in [-0.05, 0) is 48.0 Å². The van der Waals surface area contributed by atoms with Crippen molar-refractivity contribution in [1.29, 1.82) is 0 Å². The molecule has 7 heteroatoms. The van der Waals surface area contributed by atoms with E-state index in [0.29, 0.717) is 36.5 Å². The fraction of sp³-hybridized carbons (Fsp3) is 0.429.